The van der Waals surface area contributed by atoms with Crippen molar-refractivity contribution in [3.8, 4) is 5.75 Å². The summed E-state index contributed by atoms with van der Waals surface area (Å²) in [4.78, 5) is 29.9. The minimum absolute atomic E-state index is 0.0601. The van der Waals surface area contributed by atoms with Crippen molar-refractivity contribution in [1.82, 2.24) is 4.98 Å². The number of hydrogen-bond donors (Lipinski definition) is 1. The van der Waals surface area contributed by atoms with Gasteiger partial charge in [0.1, 0.15) is 12.4 Å². The molecule has 1 aliphatic rings. The number of esters is 1. The van der Waals surface area contributed by atoms with Crippen LogP contribution in [0.5, 0.6) is 5.75 Å². The molecular weight excluding hydrogens is 370 g/mol. The number of nitrogens with zero attached hydrogens (tertiary/aromatic N) is 2. The highest BCUT2D eigenvalue weighted by Gasteiger charge is 2.27. The van der Waals surface area contributed by atoms with Gasteiger partial charge in [0.25, 0.3) is 0 Å². The second-order valence-corrected chi connectivity index (χ2v) is 8.41. The lowest BCUT2D eigenvalue weighted by Gasteiger charge is -2.29. The van der Waals surface area contributed by atoms with E-state index in [9.17, 15) is 18.0 Å². The van der Waals surface area contributed by atoms with Gasteiger partial charge in [-0.15, -0.1) is 0 Å². The molecule has 0 radical (unpaired) electrons. The zero-order valence-corrected chi connectivity index (χ0v) is 15.7. The molecule has 0 fully saturated rings. The largest absolute Gasteiger partial charge is 0.423 e. The molecule has 0 bridgehead atoms. The van der Waals surface area contributed by atoms with Gasteiger partial charge in [-0.25, -0.2) is 18.2 Å². The van der Waals surface area contributed by atoms with Crippen molar-refractivity contribution in [2.24, 2.45) is 0 Å². The summed E-state index contributed by atoms with van der Waals surface area (Å²) in [5, 5.41) is 2.67. The van der Waals surface area contributed by atoms with Crippen molar-refractivity contribution >= 4 is 33.2 Å². The quantitative estimate of drug-likeness (QED) is 0.611. The average molecular weight is 389 g/mol. The summed E-state index contributed by atoms with van der Waals surface area (Å²) in [7, 11) is -3.43. The molecule has 2 aromatic rings. The van der Waals surface area contributed by atoms with E-state index in [1.807, 2.05) is 13.0 Å². The van der Waals surface area contributed by atoms with Gasteiger partial charge in [0.05, 0.1) is 22.9 Å². The minimum Gasteiger partial charge on any atom is -0.423 e. The first kappa shape index (κ1) is 18.8. The highest BCUT2D eigenvalue weighted by molar-refractivity contribution is 7.91. The van der Waals surface area contributed by atoms with E-state index in [2.05, 4.69) is 10.3 Å². The Morgan fingerprint density at radius 2 is 2.07 bits per heavy atom. The fourth-order valence-electron chi connectivity index (χ4n) is 2.63. The van der Waals surface area contributed by atoms with Crippen LogP contribution in [0.1, 0.15) is 12.5 Å². The standard InChI is InChI=1S/C18H19N3O5S/c1-3-27(24,25)13-5-6-14-15(8-13)26-18(23)11-21(14)10-17(22)20-16-7-4-12(2)9-19-16/h4-9H,3,10-11H2,1-2H3,(H,19,20,22). The second-order valence-electron chi connectivity index (χ2n) is 6.13. The lowest BCUT2D eigenvalue weighted by atomic mass is 10.2. The van der Waals surface area contributed by atoms with E-state index in [-0.39, 0.29) is 35.4 Å². The van der Waals surface area contributed by atoms with Crippen LogP contribution < -0.4 is 15.0 Å². The predicted molar refractivity (Wildman–Crippen MR) is 99.6 cm³/mol. The lowest BCUT2D eigenvalue weighted by molar-refractivity contribution is -0.133. The number of hydrogen-bond acceptors (Lipinski definition) is 7. The third kappa shape index (κ3) is 4.25. The number of nitrogens with one attached hydrogen (secondary N) is 1. The Morgan fingerprint density at radius 1 is 1.30 bits per heavy atom. The number of benzene rings is 1. The van der Waals surface area contributed by atoms with Gasteiger partial charge in [-0.2, -0.15) is 0 Å². The van der Waals surface area contributed by atoms with Crippen LogP contribution in [-0.2, 0) is 19.4 Å². The molecule has 3 rings (SSSR count). The smallest absolute Gasteiger partial charge is 0.331 e. The molecule has 1 N–H and O–H groups in total. The monoisotopic (exact) mass is 389 g/mol. The van der Waals surface area contributed by atoms with Gasteiger partial charge in [0.2, 0.25) is 5.91 Å². The molecule has 27 heavy (non-hydrogen) atoms. The van der Waals surface area contributed by atoms with E-state index >= 15 is 0 Å². The highest BCUT2D eigenvalue weighted by atomic mass is 32.2. The predicted octanol–water partition coefficient (Wildman–Crippen LogP) is 1.55. The molecular formula is C18H19N3O5S. The highest BCUT2D eigenvalue weighted by Crippen LogP contribution is 2.34. The molecule has 0 spiro atoms. The normalized spacial score (nSPS) is 13.7. The van der Waals surface area contributed by atoms with E-state index in [4.69, 9.17) is 4.74 Å². The summed E-state index contributed by atoms with van der Waals surface area (Å²) in [6.07, 6.45) is 1.64. The van der Waals surface area contributed by atoms with Crippen LogP contribution in [0.25, 0.3) is 0 Å². The number of carbonyl (C=O) groups is 2. The maximum Gasteiger partial charge on any atom is 0.331 e. The molecule has 9 heteroatoms. The Hall–Kier alpha value is -2.94. The first-order valence-corrected chi connectivity index (χ1v) is 9.98. The maximum absolute atomic E-state index is 12.3. The Morgan fingerprint density at radius 3 is 2.74 bits per heavy atom. The average Bonchev–Trinajstić information content (AvgIpc) is 2.63. The molecule has 0 unspecified atom stereocenters. The van der Waals surface area contributed by atoms with Crippen LogP contribution in [0.15, 0.2) is 41.4 Å². The lowest BCUT2D eigenvalue weighted by Crippen LogP contribution is -2.41. The fourth-order valence-corrected chi connectivity index (χ4v) is 3.53. The fraction of sp³-hybridized carbons (Fsp3) is 0.278. The summed E-state index contributed by atoms with van der Waals surface area (Å²) in [5.41, 5.74) is 1.45. The number of rotatable bonds is 5. The van der Waals surface area contributed by atoms with Crippen LogP contribution >= 0.6 is 0 Å². The van der Waals surface area contributed by atoms with Gasteiger partial charge in [0.15, 0.2) is 15.6 Å². The molecule has 0 saturated heterocycles. The molecule has 0 atom stereocenters. The molecule has 0 saturated carbocycles. The Balaban J connectivity index is 1.80. The number of aryl methyl sites for hydroxylation is 1. The third-order valence-electron chi connectivity index (χ3n) is 4.07. The van der Waals surface area contributed by atoms with E-state index < -0.39 is 15.8 Å². The van der Waals surface area contributed by atoms with Gasteiger partial charge >= 0.3 is 5.97 Å². The van der Waals surface area contributed by atoms with Gasteiger partial charge in [-0.3, -0.25) is 4.79 Å². The third-order valence-corrected chi connectivity index (χ3v) is 5.80. The molecule has 1 aromatic carbocycles. The molecule has 1 aromatic heterocycles. The van der Waals surface area contributed by atoms with Crippen molar-refractivity contribution in [2.75, 3.05) is 29.1 Å². The Bertz CT molecular complexity index is 987. The first-order valence-electron chi connectivity index (χ1n) is 8.33. The number of fused-ring (bicyclic) bond motifs is 1. The Labute approximate surface area is 157 Å². The van der Waals surface area contributed by atoms with Crippen molar-refractivity contribution in [3.05, 3.63) is 42.1 Å². The number of carbonyl (C=O) groups excluding carboxylic acids is 2. The SMILES string of the molecule is CCS(=O)(=O)c1ccc2c(c1)OC(=O)CN2CC(=O)Nc1ccc(C)cn1. The van der Waals surface area contributed by atoms with Crippen LogP contribution in [0, 0.1) is 6.92 Å². The van der Waals surface area contributed by atoms with Crippen molar-refractivity contribution in [3.63, 3.8) is 0 Å². The number of pyridine rings is 1. The summed E-state index contributed by atoms with van der Waals surface area (Å²) in [5.74, 6) is -0.432. The van der Waals surface area contributed by atoms with Gasteiger partial charge in [-0.1, -0.05) is 13.0 Å². The molecule has 1 aliphatic heterocycles. The summed E-state index contributed by atoms with van der Waals surface area (Å²) >= 11 is 0. The number of sulfone groups is 1. The molecule has 8 nitrogen and oxygen atoms in total. The van der Waals surface area contributed by atoms with Gasteiger partial charge in [-0.05, 0) is 30.7 Å². The van der Waals surface area contributed by atoms with E-state index in [1.54, 1.807) is 18.3 Å². The second kappa shape index (κ2) is 7.36. The van der Waals surface area contributed by atoms with Crippen LogP contribution in [0.3, 0.4) is 0 Å². The molecule has 0 aliphatic carbocycles. The van der Waals surface area contributed by atoms with Crippen LogP contribution in [0.2, 0.25) is 0 Å². The van der Waals surface area contributed by atoms with E-state index in [0.717, 1.165) is 5.56 Å². The summed E-state index contributed by atoms with van der Waals surface area (Å²) < 4.78 is 29.2. The minimum atomic E-state index is -3.43. The van der Waals surface area contributed by atoms with Crippen molar-refractivity contribution in [2.45, 2.75) is 18.7 Å². The number of anilines is 2. The van der Waals surface area contributed by atoms with Gasteiger partial charge in [0, 0.05) is 12.3 Å². The summed E-state index contributed by atoms with van der Waals surface area (Å²) in [6.45, 7) is 3.22. The Kier molecular flexibility index (Phi) is 5.13. The van der Waals surface area contributed by atoms with E-state index in [1.165, 1.54) is 24.0 Å². The molecule has 2 heterocycles. The molecule has 1 amide bonds. The summed E-state index contributed by atoms with van der Waals surface area (Å²) in [6, 6.07) is 7.82. The maximum atomic E-state index is 12.3. The van der Waals surface area contributed by atoms with Crippen molar-refractivity contribution in [1.29, 1.82) is 0 Å². The first-order chi connectivity index (χ1) is 12.8. The molecule has 142 valence electrons. The van der Waals surface area contributed by atoms with Crippen LogP contribution in [-0.4, -0.2) is 44.1 Å². The van der Waals surface area contributed by atoms with E-state index in [0.29, 0.717) is 11.5 Å². The zero-order chi connectivity index (χ0) is 19.6. The number of amides is 1. The van der Waals surface area contributed by atoms with Crippen molar-refractivity contribution < 1.29 is 22.7 Å². The zero-order valence-electron chi connectivity index (χ0n) is 14.9. The number of ether oxygens (including phenoxy) is 1. The van der Waals surface area contributed by atoms with Gasteiger partial charge < -0.3 is 15.0 Å². The van der Waals surface area contributed by atoms with Crippen LogP contribution in [0.4, 0.5) is 11.5 Å². The number of aromatic nitrogens is 1. The topological polar surface area (TPSA) is 106 Å².